The normalized spacial score (nSPS) is 19.8. The fraction of sp³-hybridized carbons (Fsp3) is 0.467. The molecule has 9 heteroatoms. The highest BCUT2D eigenvalue weighted by molar-refractivity contribution is 6.54. The number of ether oxygens (including phenoxy) is 1. The highest BCUT2D eigenvalue weighted by Crippen LogP contribution is 2.39. The molecule has 0 saturated carbocycles. The van der Waals surface area contributed by atoms with Crippen molar-refractivity contribution in [3.05, 3.63) is 34.6 Å². The van der Waals surface area contributed by atoms with Crippen molar-refractivity contribution in [1.29, 1.82) is 0 Å². The molecule has 0 aliphatic carbocycles. The second-order valence-corrected chi connectivity index (χ2v) is 6.32. The van der Waals surface area contributed by atoms with Gasteiger partial charge in [-0.3, -0.25) is 0 Å². The predicted octanol–water partition coefficient (Wildman–Crippen LogP) is 4.19. The van der Waals surface area contributed by atoms with E-state index in [1.54, 1.807) is 27.7 Å². The van der Waals surface area contributed by atoms with Crippen LogP contribution in [0.5, 0.6) is 5.75 Å². The maximum absolute atomic E-state index is 14.3. The molecule has 0 unspecified atom stereocenters. The molecule has 3 nitrogen and oxygen atoms in total. The third-order valence-electron chi connectivity index (χ3n) is 4.22. The molecule has 0 aromatic heterocycles. The van der Waals surface area contributed by atoms with Crippen molar-refractivity contribution in [1.82, 2.24) is 0 Å². The zero-order valence-electron chi connectivity index (χ0n) is 13.8. The Morgan fingerprint density at radius 2 is 1.33 bits per heavy atom. The van der Waals surface area contributed by atoms with Crippen LogP contribution in [0.2, 0.25) is 0 Å². The van der Waals surface area contributed by atoms with E-state index in [1.807, 2.05) is 0 Å². The molecule has 0 bridgehead atoms. The van der Waals surface area contributed by atoms with E-state index < -0.39 is 58.6 Å². The molecule has 1 aromatic carbocycles. The van der Waals surface area contributed by atoms with Crippen molar-refractivity contribution in [2.45, 2.75) is 38.9 Å². The van der Waals surface area contributed by atoms with Gasteiger partial charge in [0.25, 0.3) is 0 Å². The lowest BCUT2D eigenvalue weighted by Gasteiger charge is -2.32. The predicted molar refractivity (Wildman–Crippen MR) is 78.0 cm³/mol. The quantitative estimate of drug-likeness (QED) is 0.465. The minimum atomic E-state index is -1.78. The van der Waals surface area contributed by atoms with Gasteiger partial charge in [-0.2, -0.15) is 8.78 Å². The van der Waals surface area contributed by atoms with E-state index in [0.717, 1.165) is 7.11 Å². The highest BCUT2D eigenvalue weighted by Gasteiger charge is 2.53. The van der Waals surface area contributed by atoms with Crippen molar-refractivity contribution < 1.29 is 36.0 Å². The molecule has 0 atom stereocenters. The first-order valence-corrected chi connectivity index (χ1v) is 7.05. The molecule has 132 valence electrons. The molecule has 1 aliphatic heterocycles. The highest BCUT2D eigenvalue weighted by atomic mass is 19.2. The largest absolute Gasteiger partial charge is 0.525 e. The maximum atomic E-state index is 14.3. The van der Waals surface area contributed by atoms with E-state index >= 15 is 0 Å². The maximum Gasteiger partial charge on any atom is 0.525 e. The summed E-state index contributed by atoms with van der Waals surface area (Å²) in [6, 6.07) is 0. The molecule has 2 rings (SSSR count). The van der Waals surface area contributed by atoms with Crippen LogP contribution < -0.4 is 4.74 Å². The summed E-state index contributed by atoms with van der Waals surface area (Å²) < 4.78 is 84.4. The van der Waals surface area contributed by atoms with Gasteiger partial charge >= 0.3 is 7.12 Å². The summed E-state index contributed by atoms with van der Waals surface area (Å²) >= 11 is 0. The van der Waals surface area contributed by atoms with Crippen LogP contribution in [0.25, 0.3) is 6.08 Å². The van der Waals surface area contributed by atoms with Gasteiger partial charge in [0.15, 0.2) is 17.4 Å². The number of benzene rings is 1. The van der Waals surface area contributed by atoms with Crippen LogP contribution in [0.3, 0.4) is 0 Å². The minimum absolute atomic E-state index is 0.304. The molecule has 1 aliphatic rings. The lowest BCUT2D eigenvalue weighted by molar-refractivity contribution is 0.00578. The fourth-order valence-corrected chi connectivity index (χ4v) is 2.10. The lowest BCUT2D eigenvalue weighted by atomic mass is 9.86. The average molecular weight is 350 g/mol. The van der Waals surface area contributed by atoms with Gasteiger partial charge in [0.05, 0.1) is 23.9 Å². The molecule has 0 radical (unpaired) electrons. The van der Waals surface area contributed by atoms with Crippen LogP contribution in [-0.2, 0) is 9.31 Å². The van der Waals surface area contributed by atoms with Gasteiger partial charge < -0.3 is 14.0 Å². The Balaban J connectivity index is 2.46. The molecule has 1 fully saturated rings. The Morgan fingerprint density at radius 3 is 1.71 bits per heavy atom. The van der Waals surface area contributed by atoms with E-state index in [1.165, 1.54) is 0 Å². The molecule has 0 spiro atoms. The first-order valence-electron chi connectivity index (χ1n) is 7.05. The van der Waals surface area contributed by atoms with Gasteiger partial charge in [-0.15, -0.1) is 0 Å². The average Bonchev–Trinajstić information content (AvgIpc) is 2.70. The van der Waals surface area contributed by atoms with E-state index in [4.69, 9.17) is 9.31 Å². The SMILES string of the molecule is COc1c(F)c(F)c(C=C(F)B2OC(C)(C)C(C)(C)O2)c(F)c1F. The Morgan fingerprint density at radius 1 is 0.917 bits per heavy atom. The summed E-state index contributed by atoms with van der Waals surface area (Å²) in [5, 5.41) is 0. The monoisotopic (exact) mass is 350 g/mol. The standard InChI is InChI=1S/C15H16BF5O3/c1-14(2)15(3,4)24-16(23-14)8(17)6-7-9(18)11(20)13(22-5)12(21)10(7)19/h6H,1-5H3. The second kappa shape index (κ2) is 6.04. The fourth-order valence-electron chi connectivity index (χ4n) is 2.10. The minimum Gasteiger partial charge on any atom is -0.491 e. The van der Waals surface area contributed by atoms with E-state index in [0.29, 0.717) is 6.08 Å². The summed E-state index contributed by atoms with van der Waals surface area (Å²) in [6.07, 6.45) is 0.304. The Bertz CT molecular complexity index is 658. The number of hydrogen-bond donors (Lipinski definition) is 0. The van der Waals surface area contributed by atoms with Gasteiger partial charge in [-0.05, 0) is 33.8 Å². The van der Waals surface area contributed by atoms with Crippen molar-refractivity contribution in [2.24, 2.45) is 0 Å². The second-order valence-electron chi connectivity index (χ2n) is 6.32. The van der Waals surface area contributed by atoms with Crippen LogP contribution in [0, 0.1) is 23.3 Å². The zero-order valence-corrected chi connectivity index (χ0v) is 13.8. The van der Waals surface area contributed by atoms with Crippen LogP contribution in [0.15, 0.2) is 5.73 Å². The van der Waals surface area contributed by atoms with Gasteiger partial charge in [-0.25, -0.2) is 13.2 Å². The summed E-state index contributed by atoms with van der Waals surface area (Å²) in [7, 11) is -0.706. The van der Waals surface area contributed by atoms with Crippen LogP contribution in [0.1, 0.15) is 33.3 Å². The number of rotatable bonds is 3. The van der Waals surface area contributed by atoms with Gasteiger partial charge in [0.1, 0.15) is 5.73 Å². The summed E-state index contributed by atoms with van der Waals surface area (Å²) in [4.78, 5) is 0. The molecular formula is C15H16BF5O3. The Hall–Kier alpha value is -1.61. The van der Waals surface area contributed by atoms with Crippen LogP contribution in [0.4, 0.5) is 22.0 Å². The van der Waals surface area contributed by atoms with Gasteiger partial charge in [-0.1, -0.05) is 0 Å². The van der Waals surface area contributed by atoms with Crippen molar-refractivity contribution >= 4 is 13.2 Å². The zero-order chi connectivity index (χ0) is 18.4. The van der Waals surface area contributed by atoms with Crippen molar-refractivity contribution in [3.63, 3.8) is 0 Å². The summed E-state index contributed by atoms with van der Waals surface area (Å²) in [5.74, 6) is -8.30. The van der Waals surface area contributed by atoms with Gasteiger partial charge in [0.2, 0.25) is 11.6 Å². The third-order valence-corrected chi connectivity index (χ3v) is 4.22. The van der Waals surface area contributed by atoms with Crippen LogP contribution in [-0.4, -0.2) is 25.4 Å². The molecule has 24 heavy (non-hydrogen) atoms. The topological polar surface area (TPSA) is 27.7 Å². The van der Waals surface area contributed by atoms with Crippen molar-refractivity contribution in [3.8, 4) is 5.75 Å². The molecule has 1 heterocycles. The molecule has 0 amide bonds. The van der Waals surface area contributed by atoms with Crippen LogP contribution >= 0.6 is 0 Å². The number of halogens is 5. The number of hydrogen-bond acceptors (Lipinski definition) is 3. The molecule has 0 N–H and O–H groups in total. The third kappa shape index (κ3) is 2.90. The molecule has 1 saturated heterocycles. The summed E-state index contributed by atoms with van der Waals surface area (Å²) in [6.45, 7) is 6.59. The smallest absolute Gasteiger partial charge is 0.491 e. The number of methoxy groups -OCH3 is 1. The van der Waals surface area contributed by atoms with E-state index in [2.05, 4.69) is 4.74 Å². The Kier molecular flexibility index (Phi) is 4.71. The first-order chi connectivity index (χ1) is 10.9. The lowest BCUT2D eigenvalue weighted by Crippen LogP contribution is -2.41. The molecule has 1 aromatic rings. The van der Waals surface area contributed by atoms with E-state index in [-0.39, 0.29) is 0 Å². The Labute approximate surface area is 136 Å². The van der Waals surface area contributed by atoms with E-state index in [9.17, 15) is 22.0 Å². The van der Waals surface area contributed by atoms with Crippen molar-refractivity contribution in [2.75, 3.05) is 7.11 Å². The summed E-state index contributed by atoms with van der Waals surface area (Å²) in [5.41, 5.74) is -4.24. The molecular weight excluding hydrogens is 334 g/mol. The van der Waals surface area contributed by atoms with Gasteiger partial charge in [0, 0.05) is 0 Å². The first kappa shape index (κ1) is 18.7.